The van der Waals surface area contributed by atoms with Crippen molar-refractivity contribution in [2.75, 3.05) is 5.32 Å². The minimum atomic E-state index is 0.0714. The van der Waals surface area contributed by atoms with Gasteiger partial charge in [-0.25, -0.2) is 0 Å². The van der Waals surface area contributed by atoms with Gasteiger partial charge in [-0.2, -0.15) is 0 Å². The highest BCUT2D eigenvalue weighted by molar-refractivity contribution is 6.13. The molecule has 0 heterocycles. The summed E-state index contributed by atoms with van der Waals surface area (Å²) < 4.78 is 0. The van der Waals surface area contributed by atoms with E-state index in [0.29, 0.717) is 11.3 Å². The standard InChI is InChI=1S/C31H46N2/c1-12-32-29(19-22(4)30(8,9)10)27-20-26(21(2)3)15-16-28(27)33-25(7)23(5)24(6)31(11)17-13-14-18-31/h12,15-16,19-21,33H,1,7,13-14,17-18H2,2-6,8-11H3/b22-19+,24-23+,32-29+. The first-order valence-corrected chi connectivity index (χ1v) is 12.5. The SMILES string of the molecule is C=C/N=C(\C=C(/C)C(C)(C)C)c1cc(C(C)C)ccc1NC(=C)/C(C)=C(\C)C1(C)CCCC1. The molecule has 33 heavy (non-hydrogen) atoms. The van der Waals surface area contributed by atoms with Gasteiger partial charge in [0.1, 0.15) is 0 Å². The third-order valence-electron chi connectivity index (χ3n) is 7.67. The van der Waals surface area contributed by atoms with E-state index in [0.717, 1.165) is 22.7 Å². The van der Waals surface area contributed by atoms with Gasteiger partial charge in [-0.15, -0.1) is 0 Å². The summed E-state index contributed by atoms with van der Waals surface area (Å²) in [5.74, 6) is 0.435. The molecule has 1 aromatic rings. The van der Waals surface area contributed by atoms with Crippen LogP contribution in [0.1, 0.15) is 105 Å². The molecule has 1 aliphatic rings. The lowest BCUT2D eigenvalue weighted by Crippen LogP contribution is -2.16. The Hall–Kier alpha value is -2.35. The first-order valence-electron chi connectivity index (χ1n) is 12.5. The van der Waals surface area contributed by atoms with Gasteiger partial charge >= 0.3 is 0 Å². The number of rotatable bonds is 8. The van der Waals surface area contributed by atoms with Crippen molar-refractivity contribution in [1.29, 1.82) is 0 Å². The molecule has 0 radical (unpaired) electrons. The van der Waals surface area contributed by atoms with Crippen molar-refractivity contribution in [3.8, 4) is 0 Å². The molecule has 2 heteroatoms. The highest BCUT2D eigenvalue weighted by Crippen LogP contribution is 2.45. The van der Waals surface area contributed by atoms with E-state index in [2.05, 4.69) is 105 Å². The Balaban J connectivity index is 2.54. The molecule has 2 nitrogen and oxygen atoms in total. The van der Waals surface area contributed by atoms with Gasteiger partial charge in [-0.3, -0.25) is 4.99 Å². The molecule has 1 fully saturated rings. The maximum atomic E-state index is 4.69. The number of nitrogens with zero attached hydrogens (tertiary/aromatic N) is 1. The summed E-state index contributed by atoms with van der Waals surface area (Å²) in [4.78, 5) is 4.69. The third-order valence-corrected chi connectivity index (χ3v) is 7.67. The van der Waals surface area contributed by atoms with E-state index >= 15 is 0 Å². The van der Waals surface area contributed by atoms with Crippen LogP contribution in [0, 0.1) is 10.8 Å². The van der Waals surface area contributed by atoms with Gasteiger partial charge in [-0.05, 0) is 79.7 Å². The molecule has 1 saturated carbocycles. The fourth-order valence-electron chi connectivity index (χ4n) is 4.41. The quantitative estimate of drug-likeness (QED) is 0.312. The Morgan fingerprint density at radius 3 is 2.24 bits per heavy atom. The molecular formula is C31H46N2. The summed E-state index contributed by atoms with van der Waals surface area (Å²) in [7, 11) is 0. The van der Waals surface area contributed by atoms with Gasteiger partial charge < -0.3 is 5.32 Å². The summed E-state index contributed by atoms with van der Waals surface area (Å²) in [5.41, 5.74) is 9.68. The van der Waals surface area contributed by atoms with E-state index in [-0.39, 0.29) is 5.41 Å². The zero-order valence-electron chi connectivity index (χ0n) is 22.7. The summed E-state index contributed by atoms with van der Waals surface area (Å²) in [6, 6.07) is 6.65. The lowest BCUT2D eigenvalue weighted by atomic mass is 9.78. The van der Waals surface area contributed by atoms with Crippen LogP contribution in [-0.2, 0) is 0 Å². The molecule has 0 atom stereocenters. The van der Waals surface area contributed by atoms with Gasteiger partial charge in [0.2, 0.25) is 0 Å². The molecule has 0 saturated heterocycles. The molecule has 0 spiro atoms. The van der Waals surface area contributed by atoms with Crippen molar-refractivity contribution in [3.63, 3.8) is 0 Å². The van der Waals surface area contributed by atoms with Gasteiger partial charge in [-0.1, -0.05) is 84.8 Å². The molecule has 0 bridgehead atoms. The molecule has 2 rings (SSSR count). The summed E-state index contributed by atoms with van der Waals surface area (Å²) in [6.45, 7) is 28.5. The van der Waals surface area contributed by atoms with Crippen LogP contribution in [0.15, 0.2) is 71.0 Å². The first-order chi connectivity index (χ1) is 15.3. The van der Waals surface area contributed by atoms with Gasteiger partial charge in [0, 0.05) is 23.1 Å². The number of benzene rings is 1. The van der Waals surface area contributed by atoms with Crippen molar-refractivity contribution >= 4 is 11.4 Å². The van der Waals surface area contributed by atoms with Gasteiger partial charge in [0.05, 0.1) is 5.71 Å². The molecule has 1 aromatic carbocycles. The molecule has 1 aliphatic carbocycles. The van der Waals surface area contributed by atoms with Crippen LogP contribution in [0.3, 0.4) is 0 Å². The second-order valence-electron chi connectivity index (χ2n) is 11.4. The highest BCUT2D eigenvalue weighted by atomic mass is 14.9. The fourth-order valence-corrected chi connectivity index (χ4v) is 4.41. The van der Waals surface area contributed by atoms with Crippen molar-refractivity contribution in [3.05, 3.63) is 77.2 Å². The fraction of sp³-hybridized carbons (Fsp3) is 0.516. The molecule has 0 aliphatic heterocycles. The van der Waals surface area contributed by atoms with Gasteiger partial charge in [0.15, 0.2) is 0 Å². The number of aliphatic imine (C=N–C) groups is 1. The van der Waals surface area contributed by atoms with Gasteiger partial charge in [0.25, 0.3) is 0 Å². The second-order valence-corrected chi connectivity index (χ2v) is 11.4. The number of anilines is 1. The Bertz CT molecular complexity index is 971. The molecule has 0 unspecified atom stereocenters. The van der Waals surface area contributed by atoms with E-state index in [1.807, 2.05) is 0 Å². The van der Waals surface area contributed by atoms with Crippen LogP contribution in [0.2, 0.25) is 0 Å². The lowest BCUT2D eigenvalue weighted by molar-refractivity contribution is 0.411. The van der Waals surface area contributed by atoms with Crippen LogP contribution in [0.4, 0.5) is 5.69 Å². The van der Waals surface area contributed by atoms with E-state index in [1.165, 1.54) is 48.0 Å². The minimum Gasteiger partial charge on any atom is -0.355 e. The predicted molar refractivity (Wildman–Crippen MR) is 148 cm³/mol. The largest absolute Gasteiger partial charge is 0.355 e. The monoisotopic (exact) mass is 446 g/mol. The third kappa shape index (κ3) is 6.59. The minimum absolute atomic E-state index is 0.0714. The molecule has 0 amide bonds. The van der Waals surface area contributed by atoms with Crippen molar-refractivity contribution in [2.24, 2.45) is 15.8 Å². The highest BCUT2D eigenvalue weighted by Gasteiger charge is 2.31. The van der Waals surface area contributed by atoms with Crippen molar-refractivity contribution < 1.29 is 0 Å². The van der Waals surface area contributed by atoms with Crippen LogP contribution >= 0.6 is 0 Å². The average molecular weight is 447 g/mol. The van der Waals surface area contributed by atoms with Crippen LogP contribution < -0.4 is 5.32 Å². The summed E-state index contributed by atoms with van der Waals surface area (Å²) in [5, 5.41) is 3.65. The van der Waals surface area contributed by atoms with Crippen molar-refractivity contribution in [2.45, 2.75) is 93.9 Å². The molecule has 0 aromatic heterocycles. The van der Waals surface area contributed by atoms with Crippen LogP contribution in [0.5, 0.6) is 0 Å². The van der Waals surface area contributed by atoms with E-state index in [4.69, 9.17) is 4.99 Å². The summed E-state index contributed by atoms with van der Waals surface area (Å²) >= 11 is 0. The number of allylic oxidation sites excluding steroid dienone is 4. The summed E-state index contributed by atoms with van der Waals surface area (Å²) in [6.07, 6.45) is 9.02. The van der Waals surface area contributed by atoms with E-state index < -0.39 is 0 Å². The zero-order valence-corrected chi connectivity index (χ0v) is 22.7. The Morgan fingerprint density at radius 1 is 1.12 bits per heavy atom. The zero-order chi connectivity index (χ0) is 25.0. The maximum absolute atomic E-state index is 4.69. The molecule has 180 valence electrons. The smallest absolute Gasteiger partial charge is 0.0722 e. The molecular weight excluding hydrogens is 400 g/mol. The van der Waals surface area contributed by atoms with Crippen LogP contribution in [-0.4, -0.2) is 5.71 Å². The predicted octanol–water partition coefficient (Wildman–Crippen LogP) is 9.58. The van der Waals surface area contributed by atoms with Crippen molar-refractivity contribution in [1.82, 2.24) is 0 Å². The van der Waals surface area contributed by atoms with E-state index in [1.54, 1.807) is 6.20 Å². The number of nitrogens with one attached hydrogen (secondary N) is 1. The normalized spacial score (nSPS) is 17.8. The topological polar surface area (TPSA) is 24.4 Å². The Morgan fingerprint density at radius 2 is 1.73 bits per heavy atom. The Labute approximate surface area is 203 Å². The lowest BCUT2D eigenvalue weighted by Gasteiger charge is -2.28. The Kier molecular flexibility index (Phi) is 8.74. The van der Waals surface area contributed by atoms with E-state index in [9.17, 15) is 0 Å². The number of hydrogen-bond acceptors (Lipinski definition) is 2. The average Bonchev–Trinajstić information content (AvgIpc) is 3.19. The number of hydrogen-bond donors (Lipinski definition) is 1. The second kappa shape index (κ2) is 10.7. The molecule has 1 N–H and O–H groups in total. The van der Waals surface area contributed by atoms with Crippen LogP contribution in [0.25, 0.3) is 0 Å². The maximum Gasteiger partial charge on any atom is 0.0722 e. The first kappa shape index (κ1) is 26.9.